The highest BCUT2D eigenvalue weighted by molar-refractivity contribution is 5.94. The number of carbonyl (C=O) groups is 4. The van der Waals surface area contributed by atoms with E-state index in [-0.39, 0.29) is 25.0 Å². The van der Waals surface area contributed by atoms with Gasteiger partial charge in [-0.1, -0.05) is 30.3 Å². The Kier molecular flexibility index (Phi) is 10.3. The molecule has 4 rings (SSSR count). The molecule has 0 saturated carbocycles. The Labute approximate surface area is 252 Å². The van der Waals surface area contributed by atoms with Crippen LogP contribution in [0.4, 0.5) is 0 Å². The summed E-state index contributed by atoms with van der Waals surface area (Å²) < 4.78 is 0. The number of aliphatic hydroxyl groups excluding tert-OH is 1. The first-order valence-corrected chi connectivity index (χ1v) is 13.9. The molecule has 0 bridgehead atoms. The Morgan fingerprint density at radius 1 is 0.886 bits per heavy atom. The van der Waals surface area contributed by atoms with Gasteiger partial charge in [0.2, 0.25) is 17.7 Å². The van der Waals surface area contributed by atoms with Crippen LogP contribution in [0.1, 0.15) is 23.7 Å². The molecule has 0 aliphatic rings. The highest BCUT2D eigenvalue weighted by atomic mass is 16.4. The van der Waals surface area contributed by atoms with Crippen LogP contribution in [-0.4, -0.2) is 84.2 Å². The van der Waals surface area contributed by atoms with Gasteiger partial charge in [0, 0.05) is 41.8 Å². The molecule has 232 valence electrons. The zero-order valence-electron chi connectivity index (χ0n) is 23.9. The van der Waals surface area contributed by atoms with Crippen LogP contribution in [0.3, 0.4) is 0 Å². The van der Waals surface area contributed by atoms with E-state index in [4.69, 9.17) is 5.73 Å². The van der Waals surface area contributed by atoms with Crippen molar-refractivity contribution in [3.63, 3.8) is 0 Å². The fourth-order valence-corrected chi connectivity index (χ4v) is 4.73. The third kappa shape index (κ3) is 8.20. The van der Waals surface area contributed by atoms with E-state index in [2.05, 4.69) is 30.9 Å². The quantitative estimate of drug-likeness (QED) is 0.0929. The van der Waals surface area contributed by atoms with Crippen LogP contribution in [0.15, 0.2) is 67.3 Å². The largest absolute Gasteiger partial charge is 0.508 e. The molecule has 0 aliphatic carbocycles. The number of nitrogens with two attached hydrogens (primary N) is 1. The molecule has 0 saturated heterocycles. The summed E-state index contributed by atoms with van der Waals surface area (Å²) in [5.41, 5.74) is 9.04. The Morgan fingerprint density at radius 2 is 1.55 bits per heavy atom. The number of hydrogen-bond donors (Lipinski definition) is 9. The second-order valence-corrected chi connectivity index (χ2v) is 10.5. The second kappa shape index (κ2) is 14.3. The molecule has 5 atom stereocenters. The lowest BCUT2D eigenvalue weighted by Crippen LogP contribution is -2.59. The summed E-state index contributed by atoms with van der Waals surface area (Å²) in [6.07, 6.45) is 3.34. The van der Waals surface area contributed by atoms with Crippen molar-refractivity contribution in [3.05, 3.63) is 84.1 Å². The van der Waals surface area contributed by atoms with Gasteiger partial charge in [-0.2, -0.15) is 0 Å². The minimum atomic E-state index is -1.63. The molecule has 4 aromatic rings. The minimum Gasteiger partial charge on any atom is -0.508 e. The summed E-state index contributed by atoms with van der Waals surface area (Å²) >= 11 is 0. The molecule has 2 aromatic heterocycles. The van der Waals surface area contributed by atoms with E-state index >= 15 is 0 Å². The van der Waals surface area contributed by atoms with Crippen molar-refractivity contribution >= 4 is 34.6 Å². The summed E-state index contributed by atoms with van der Waals surface area (Å²) in [5.74, 6) is -3.69. The van der Waals surface area contributed by atoms with E-state index in [1.54, 1.807) is 18.3 Å². The summed E-state index contributed by atoms with van der Waals surface area (Å²) in [5, 5.41) is 37.4. The molecule has 5 unspecified atom stereocenters. The maximum absolute atomic E-state index is 13.6. The lowest BCUT2D eigenvalue weighted by atomic mass is 10.0. The highest BCUT2D eigenvalue weighted by Gasteiger charge is 2.32. The van der Waals surface area contributed by atoms with Gasteiger partial charge in [-0.05, 0) is 42.7 Å². The van der Waals surface area contributed by atoms with Crippen molar-refractivity contribution in [1.82, 2.24) is 30.9 Å². The number of amides is 3. The van der Waals surface area contributed by atoms with Crippen molar-refractivity contribution in [2.75, 3.05) is 0 Å². The Balaban J connectivity index is 1.53. The van der Waals surface area contributed by atoms with Crippen LogP contribution in [0, 0.1) is 0 Å². The molecule has 2 aromatic carbocycles. The fraction of sp³-hybridized carbons (Fsp3) is 0.300. The molecule has 2 heterocycles. The number of aromatic amines is 2. The number of aromatic hydroxyl groups is 1. The number of phenols is 1. The van der Waals surface area contributed by atoms with E-state index in [1.807, 2.05) is 24.3 Å². The zero-order chi connectivity index (χ0) is 31.8. The Morgan fingerprint density at radius 3 is 2.20 bits per heavy atom. The van der Waals surface area contributed by atoms with Gasteiger partial charge in [0.15, 0.2) is 6.04 Å². The van der Waals surface area contributed by atoms with E-state index in [0.29, 0.717) is 11.3 Å². The fourth-order valence-electron chi connectivity index (χ4n) is 4.73. The van der Waals surface area contributed by atoms with E-state index in [9.17, 15) is 34.5 Å². The average molecular weight is 606 g/mol. The molecule has 0 spiro atoms. The number of carboxylic acid groups (broad SMARTS) is 1. The van der Waals surface area contributed by atoms with E-state index in [1.165, 1.54) is 31.6 Å². The number of H-pyrrole nitrogens is 2. The first-order valence-electron chi connectivity index (χ1n) is 13.9. The molecule has 3 amide bonds. The molecule has 0 radical (unpaired) electrons. The van der Waals surface area contributed by atoms with E-state index in [0.717, 1.165) is 16.5 Å². The molecule has 14 heteroatoms. The first-order chi connectivity index (χ1) is 21.0. The number of carboxylic acids is 1. The number of fused-ring (bicyclic) bond motifs is 1. The van der Waals surface area contributed by atoms with Crippen LogP contribution in [0.2, 0.25) is 0 Å². The Hall–Kier alpha value is -5.21. The van der Waals surface area contributed by atoms with Crippen molar-refractivity contribution in [3.8, 4) is 5.75 Å². The maximum atomic E-state index is 13.6. The van der Waals surface area contributed by atoms with Crippen LogP contribution in [0.5, 0.6) is 5.75 Å². The number of aromatic nitrogens is 3. The number of carbonyl (C=O) groups excluding carboxylic acids is 3. The number of nitrogens with zero attached hydrogens (tertiary/aromatic N) is 1. The summed E-state index contributed by atoms with van der Waals surface area (Å²) in [6, 6.07) is 8.30. The predicted octanol–water partition coefficient (Wildman–Crippen LogP) is -0.128. The average Bonchev–Trinajstić information content (AvgIpc) is 3.66. The summed E-state index contributed by atoms with van der Waals surface area (Å²) in [4.78, 5) is 61.7. The molecule has 10 N–H and O–H groups in total. The molecule has 0 aliphatic heterocycles. The lowest BCUT2D eigenvalue weighted by Gasteiger charge is -2.26. The minimum absolute atomic E-state index is 0.00913. The number of rotatable bonds is 14. The monoisotopic (exact) mass is 605 g/mol. The van der Waals surface area contributed by atoms with Crippen molar-refractivity contribution in [2.45, 2.75) is 56.5 Å². The number of imidazole rings is 1. The van der Waals surface area contributed by atoms with Gasteiger partial charge >= 0.3 is 5.97 Å². The SMILES string of the molecule is CC(O)C(NC(=O)C(Cc1ccc(O)cc1)NC(=O)C(Cc1cnc[nH]1)NC(=O)C(N)Cc1c[nH]c2ccccc12)C(=O)O. The predicted molar refractivity (Wildman–Crippen MR) is 159 cm³/mol. The number of aliphatic hydroxyl groups is 1. The van der Waals surface area contributed by atoms with Crippen LogP contribution in [0.25, 0.3) is 10.9 Å². The van der Waals surface area contributed by atoms with Gasteiger partial charge in [-0.15, -0.1) is 0 Å². The molecule has 44 heavy (non-hydrogen) atoms. The highest BCUT2D eigenvalue weighted by Crippen LogP contribution is 2.19. The maximum Gasteiger partial charge on any atom is 0.328 e. The van der Waals surface area contributed by atoms with Gasteiger partial charge in [0.05, 0.1) is 18.5 Å². The van der Waals surface area contributed by atoms with Crippen LogP contribution in [-0.2, 0) is 38.4 Å². The number of para-hydroxylation sites is 1. The number of aliphatic carboxylic acids is 1. The first kappa shape index (κ1) is 31.7. The number of hydrogen-bond acceptors (Lipinski definition) is 8. The van der Waals surface area contributed by atoms with Crippen molar-refractivity contribution in [2.24, 2.45) is 5.73 Å². The smallest absolute Gasteiger partial charge is 0.328 e. The second-order valence-electron chi connectivity index (χ2n) is 10.5. The van der Waals surface area contributed by atoms with Gasteiger partial charge in [-0.25, -0.2) is 9.78 Å². The van der Waals surface area contributed by atoms with Gasteiger partial charge in [0.1, 0.15) is 17.8 Å². The number of benzene rings is 2. The van der Waals surface area contributed by atoms with Gasteiger partial charge < -0.3 is 47.0 Å². The Bertz CT molecular complexity index is 1580. The summed E-state index contributed by atoms with van der Waals surface area (Å²) in [6.45, 7) is 1.21. The third-order valence-corrected chi connectivity index (χ3v) is 7.12. The molecule has 0 fully saturated rings. The number of phenolic OH excluding ortho intramolecular Hbond substituents is 1. The van der Waals surface area contributed by atoms with E-state index < -0.39 is 54.0 Å². The normalized spacial score (nSPS) is 14.6. The lowest BCUT2D eigenvalue weighted by molar-refractivity contribution is -0.145. The molecular weight excluding hydrogens is 570 g/mol. The topological polar surface area (TPSA) is 236 Å². The van der Waals surface area contributed by atoms with Crippen molar-refractivity contribution < 1.29 is 34.5 Å². The van der Waals surface area contributed by atoms with Gasteiger partial charge in [-0.3, -0.25) is 14.4 Å². The number of nitrogens with one attached hydrogen (secondary N) is 5. The van der Waals surface area contributed by atoms with Crippen molar-refractivity contribution in [1.29, 1.82) is 0 Å². The molecule has 14 nitrogen and oxygen atoms in total. The standard InChI is InChI=1S/C30H35N7O7/c1-16(38)26(30(43)44)37-29(42)24(10-17-6-8-20(39)9-7-17)36-28(41)25(12-19-14-32-15-34-19)35-27(40)22(31)11-18-13-33-23-5-3-2-4-21(18)23/h2-9,13-16,22,24-26,33,38-39H,10-12,31H2,1H3,(H,32,34)(H,35,40)(H,36,41)(H,37,42)(H,43,44). The van der Waals surface area contributed by atoms with Crippen LogP contribution < -0.4 is 21.7 Å². The van der Waals surface area contributed by atoms with Crippen LogP contribution >= 0.6 is 0 Å². The summed E-state index contributed by atoms with van der Waals surface area (Å²) in [7, 11) is 0. The van der Waals surface area contributed by atoms with Gasteiger partial charge in [0.25, 0.3) is 0 Å². The third-order valence-electron chi connectivity index (χ3n) is 7.12. The zero-order valence-corrected chi connectivity index (χ0v) is 23.9. The molecular formula is C30H35N7O7.